The van der Waals surface area contributed by atoms with Gasteiger partial charge in [-0.15, -0.1) is 0 Å². The first-order chi connectivity index (χ1) is 5.86. The highest BCUT2D eigenvalue weighted by Gasteiger charge is 2.32. The summed E-state index contributed by atoms with van der Waals surface area (Å²) in [5.41, 5.74) is 0. The molecule has 1 aliphatic heterocycles. The Bertz CT molecular complexity index is 139. The van der Waals surface area contributed by atoms with Crippen LogP contribution in [0.15, 0.2) is 0 Å². The van der Waals surface area contributed by atoms with Crippen molar-refractivity contribution in [1.29, 1.82) is 0 Å². The van der Waals surface area contributed by atoms with E-state index in [-0.39, 0.29) is 0 Å². The van der Waals surface area contributed by atoms with Gasteiger partial charge in [0, 0.05) is 6.04 Å². The summed E-state index contributed by atoms with van der Waals surface area (Å²) >= 11 is 0. The van der Waals surface area contributed by atoms with Gasteiger partial charge in [-0.25, -0.2) is 4.39 Å². The van der Waals surface area contributed by atoms with Gasteiger partial charge in [0.1, 0.15) is 6.17 Å². The summed E-state index contributed by atoms with van der Waals surface area (Å²) in [6.45, 7) is 1.10. The molecule has 2 aliphatic rings. The van der Waals surface area contributed by atoms with Crippen molar-refractivity contribution in [2.75, 3.05) is 6.54 Å². The van der Waals surface area contributed by atoms with Crippen molar-refractivity contribution >= 4 is 0 Å². The topological polar surface area (TPSA) is 12.0 Å². The summed E-state index contributed by atoms with van der Waals surface area (Å²) in [6, 6.07) is 0.481. The minimum atomic E-state index is -0.513. The highest BCUT2D eigenvalue weighted by atomic mass is 19.1. The Morgan fingerprint density at radius 1 is 1.25 bits per heavy atom. The Labute approximate surface area is 73.7 Å². The van der Waals surface area contributed by atoms with Crippen molar-refractivity contribution in [3.63, 3.8) is 0 Å². The lowest BCUT2D eigenvalue weighted by molar-refractivity contribution is 0.232. The quantitative estimate of drug-likeness (QED) is 0.687. The first-order valence-electron chi connectivity index (χ1n) is 5.24. The van der Waals surface area contributed by atoms with Crippen LogP contribution in [-0.2, 0) is 0 Å². The van der Waals surface area contributed by atoms with E-state index in [1.165, 1.54) is 19.3 Å². The lowest BCUT2D eigenvalue weighted by Crippen LogP contribution is -2.36. The fourth-order valence-electron chi connectivity index (χ4n) is 2.05. The molecule has 0 spiro atoms. The second-order valence-electron chi connectivity index (χ2n) is 4.24. The second-order valence-corrected chi connectivity index (χ2v) is 4.24. The van der Waals surface area contributed by atoms with Crippen LogP contribution in [0.3, 0.4) is 0 Å². The van der Waals surface area contributed by atoms with E-state index in [2.05, 4.69) is 5.32 Å². The van der Waals surface area contributed by atoms with Gasteiger partial charge in [-0.3, -0.25) is 0 Å². The number of nitrogens with one attached hydrogen (secondary N) is 1. The molecule has 2 heteroatoms. The summed E-state index contributed by atoms with van der Waals surface area (Å²) in [7, 11) is 0. The molecule has 0 radical (unpaired) electrons. The monoisotopic (exact) mass is 171 g/mol. The molecule has 2 atom stereocenters. The largest absolute Gasteiger partial charge is 0.314 e. The fraction of sp³-hybridized carbons (Fsp3) is 1.00. The summed E-state index contributed by atoms with van der Waals surface area (Å²) < 4.78 is 13.3. The lowest BCUT2D eigenvalue weighted by atomic mass is 9.98. The number of piperidine rings is 1. The van der Waals surface area contributed by atoms with Crippen LogP contribution in [0, 0.1) is 5.92 Å². The van der Waals surface area contributed by atoms with E-state index in [0.29, 0.717) is 12.0 Å². The normalized spacial score (nSPS) is 33.2. The fourth-order valence-corrected chi connectivity index (χ4v) is 2.05. The lowest BCUT2D eigenvalue weighted by Gasteiger charge is -2.24. The average molecular weight is 171 g/mol. The van der Waals surface area contributed by atoms with Crippen molar-refractivity contribution in [3.05, 3.63) is 0 Å². The number of halogens is 1. The van der Waals surface area contributed by atoms with E-state index in [4.69, 9.17) is 0 Å². The zero-order valence-corrected chi connectivity index (χ0v) is 7.56. The maximum Gasteiger partial charge on any atom is 0.104 e. The first-order valence-corrected chi connectivity index (χ1v) is 5.24. The van der Waals surface area contributed by atoms with E-state index in [1.54, 1.807) is 0 Å². The van der Waals surface area contributed by atoms with Gasteiger partial charge in [0.2, 0.25) is 0 Å². The molecule has 2 fully saturated rings. The molecule has 1 heterocycles. The van der Waals surface area contributed by atoms with E-state index in [1.807, 2.05) is 0 Å². The minimum absolute atomic E-state index is 0.425. The third-order valence-electron chi connectivity index (χ3n) is 3.06. The molecular weight excluding hydrogens is 153 g/mol. The number of alkyl halides is 1. The summed E-state index contributed by atoms with van der Waals surface area (Å²) in [5, 5.41) is 3.39. The second kappa shape index (κ2) is 3.73. The van der Waals surface area contributed by atoms with Crippen LogP contribution >= 0.6 is 0 Å². The molecule has 2 rings (SSSR count). The van der Waals surface area contributed by atoms with Gasteiger partial charge in [-0.1, -0.05) is 6.42 Å². The molecule has 0 aromatic heterocycles. The third kappa shape index (κ3) is 2.19. The molecule has 0 aromatic carbocycles. The first kappa shape index (κ1) is 8.49. The van der Waals surface area contributed by atoms with Gasteiger partial charge >= 0.3 is 0 Å². The molecule has 0 amide bonds. The average Bonchev–Trinajstić information content (AvgIpc) is 2.88. The Balaban J connectivity index is 1.69. The standard InChI is InChI=1S/C10H18FN/c11-10(8-4-5-8)7-9-3-1-2-6-12-9/h8-10,12H,1-7H2. The van der Waals surface area contributed by atoms with Crippen molar-refractivity contribution in [2.24, 2.45) is 5.92 Å². The van der Waals surface area contributed by atoms with E-state index in [0.717, 1.165) is 25.8 Å². The maximum absolute atomic E-state index is 13.3. The molecule has 70 valence electrons. The van der Waals surface area contributed by atoms with Gasteiger partial charge in [-0.2, -0.15) is 0 Å². The van der Waals surface area contributed by atoms with E-state index in [9.17, 15) is 4.39 Å². The Morgan fingerprint density at radius 2 is 2.08 bits per heavy atom. The van der Waals surface area contributed by atoms with Gasteiger partial charge < -0.3 is 5.32 Å². The van der Waals surface area contributed by atoms with Crippen molar-refractivity contribution in [1.82, 2.24) is 5.32 Å². The van der Waals surface area contributed by atoms with Crippen LogP contribution < -0.4 is 5.32 Å². The van der Waals surface area contributed by atoms with Crippen molar-refractivity contribution in [2.45, 2.75) is 50.7 Å². The summed E-state index contributed by atoms with van der Waals surface area (Å²) in [4.78, 5) is 0. The number of hydrogen-bond acceptors (Lipinski definition) is 1. The van der Waals surface area contributed by atoms with Crippen LogP contribution in [0.2, 0.25) is 0 Å². The molecular formula is C10H18FN. The predicted octanol–water partition coefficient (Wildman–Crippen LogP) is 2.27. The van der Waals surface area contributed by atoms with Gasteiger partial charge in [0.25, 0.3) is 0 Å². The predicted molar refractivity (Wildman–Crippen MR) is 47.9 cm³/mol. The van der Waals surface area contributed by atoms with Crippen LogP contribution in [0.5, 0.6) is 0 Å². The van der Waals surface area contributed by atoms with Gasteiger partial charge in [0.15, 0.2) is 0 Å². The van der Waals surface area contributed by atoms with E-state index >= 15 is 0 Å². The Kier molecular flexibility index (Phi) is 2.64. The summed E-state index contributed by atoms with van der Waals surface area (Å²) in [6.07, 6.45) is 6.27. The Morgan fingerprint density at radius 3 is 2.67 bits per heavy atom. The molecule has 1 saturated carbocycles. The molecule has 1 aliphatic carbocycles. The molecule has 1 saturated heterocycles. The molecule has 0 bridgehead atoms. The Hall–Kier alpha value is -0.110. The van der Waals surface area contributed by atoms with E-state index < -0.39 is 6.17 Å². The van der Waals surface area contributed by atoms with Gasteiger partial charge in [-0.05, 0) is 44.6 Å². The smallest absolute Gasteiger partial charge is 0.104 e. The molecule has 1 nitrogen and oxygen atoms in total. The van der Waals surface area contributed by atoms with Crippen LogP contribution in [0.4, 0.5) is 4.39 Å². The SMILES string of the molecule is FC(CC1CCCCN1)C1CC1. The third-order valence-corrected chi connectivity index (χ3v) is 3.06. The van der Waals surface area contributed by atoms with Crippen molar-refractivity contribution in [3.8, 4) is 0 Å². The minimum Gasteiger partial charge on any atom is -0.314 e. The van der Waals surface area contributed by atoms with Gasteiger partial charge in [0.05, 0.1) is 0 Å². The van der Waals surface area contributed by atoms with Crippen LogP contribution in [0.25, 0.3) is 0 Å². The molecule has 2 unspecified atom stereocenters. The summed E-state index contributed by atoms with van der Waals surface area (Å²) in [5.74, 6) is 0.425. The molecule has 1 N–H and O–H groups in total. The molecule has 12 heavy (non-hydrogen) atoms. The number of hydrogen-bond donors (Lipinski definition) is 1. The van der Waals surface area contributed by atoms with Crippen LogP contribution in [0.1, 0.15) is 38.5 Å². The zero-order chi connectivity index (χ0) is 8.39. The van der Waals surface area contributed by atoms with Crippen LogP contribution in [-0.4, -0.2) is 18.8 Å². The van der Waals surface area contributed by atoms with Crippen molar-refractivity contribution < 1.29 is 4.39 Å². The number of rotatable bonds is 3. The zero-order valence-electron chi connectivity index (χ0n) is 7.56. The highest BCUT2D eigenvalue weighted by molar-refractivity contribution is 4.85. The highest BCUT2D eigenvalue weighted by Crippen LogP contribution is 2.36. The molecule has 0 aromatic rings. The maximum atomic E-state index is 13.3.